The summed E-state index contributed by atoms with van der Waals surface area (Å²) in [6, 6.07) is 9.01. The van der Waals surface area contributed by atoms with Gasteiger partial charge in [-0.15, -0.1) is 0 Å². The number of carbonyl (C=O) groups excluding carboxylic acids is 1. The molecule has 6 atom stereocenters. The molecule has 11 heteroatoms. The zero-order valence-corrected chi connectivity index (χ0v) is 23.9. The molecule has 0 radical (unpaired) electrons. The lowest BCUT2D eigenvalue weighted by Crippen LogP contribution is -2.69. The Morgan fingerprint density at radius 1 is 0.900 bits per heavy atom. The highest BCUT2D eigenvalue weighted by molar-refractivity contribution is 5.82. The molecule has 40 heavy (non-hydrogen) atoms. The third-order valence-corrected chi connectivity index (χ3v) is 7.45. The zero-order valence-electron chi connectivity index (χ0n) is 23.9. The predicted octanol–water partition coefficient (Wildman–Crippen LogP) is 4.61. The first-order chi connectivity index (χ1) is 18.6. The fraction of sp³-hybridized carbons (Fsp3) is 0.552. The molecule has 0 bridgehead atoms. The number of hydrogen-bond donors (Lipinski definition) is 1. The van der Waals surface area contributed by atoms with Crippen LogP contribution >= 0.6 is 0 Å². The number of carbonyl (C=O) groups is 1. The van der Waals surface area contributed by atoms with Gasteiger partial charge in [0.1, 0.15) is 23.0 Å². The van der Waals surface area contributed by atoms with Gasteiger partial charge in [0.05, 0.1) is 20.1 Å². The Morgan fingerprint density at radius 3 is 1.70 bits per heavy atom. The van der Waals surface area contributed by atoms with Crippen LogP contribution in [0.5, 0.6) is 11.5 Å². The molecule has 11 nitrogen and oxygen atoms in total. The van der Waals surface area contributed by atoms with Gasteiger partial charge in [-0.2, -0.15) is 0 Å². The topological polar surface area (TPSA) is 151 Å². The minimum absolute atomic E-state index is 0.0937. The Morgan fingerprint density at radius 2 is 1.35 bits per heavy atom. The van der Waals surface area contributed by atoms with Crippen LogP contribution in [0.3, 0.4) is 0 Å². The van der Waals surface area contributed by atoms with E-state index in [1.165, 1.54) is 26.4 Å². The normalized spacial score (nSPS) is 26.7. The van der Waals surface area contributed by atoms with Crippen LogP contribution in [0.15, 0.2) is 48.5 Å². The second-order valence-electron chi connectivity index (χ2n) is 11.7. The van der Waals surface area contributed by atoms with Gasteiger partial charge in [0.25, 0.3) is 6.04 Å². The van der Waals surface area contributed by atoms with E-state index in [1.54, 1.807) is 57.2 Å². The van der Waals surface area contributed by atoms with Crippen LogP contribution in [0.25, 0.3) is 0 Å². The van der Waals surface area contributed by atoms with Crippen LogP contribution in [-0.2, 0) is 9.53 Å². The van der Waals surface area contributed by atoms with Gasteiger partial charge in [-0.05, 0) is 68.5 Å². The van der Waals surface area contributed by atoms with E-state index in [0.29, 0.717) is 17.1 Å². The predicted molar refractivity (Wildman–Crippen MR) is 147 cm³/mol. The molecule has 1 saturated carbocycles. The number of methoxy groups -OCH3 is 2. The molecule has 0 amide bonds. The fourth-order valence-electron chi connectivity index (χ4n) is 5.90. The van der Waals surface area contributed by atoms with Gasteiger partial charge in [-0.3, -0.25) is 20.2 Å². The second-order valence-corrected chi connectivity index (χ2v) is 11.7. The molecular weight excluding hydrogens is 520 g/mol. The summed E-state index contributed by atoms with van der Waals surface area (Å²) in [6.45, 7) is 8.45. The Labute approximate surface area is 233 Å². The van der Waals surface area contributed by atoms with E-state index in [4.69, 9.17) is 14.2 Å². The van der Waals surface area contributed by atoms with Crippen LogP contribution in [0.1, 0.15) is 64.0 Å². The van der Waals surface area contributed by atoms with Crippen LogP contribution in [0, 0.1) is 32.1 Å². The largest absolute Gasteiger partial charge is 0.497 e. The van der Waals surface area contributed by atoms with Crippen LogP contribution in [-0.4, -0.2) is 58.4 Å². The molecule has 218 valence electrons. The van der Waals surface area contributed by atoms with E-state index in [9.17, 15) is 30.1 Å². The number of nitro groups is 2. The highest BCUT2D eigenvalue weighted by Gasteiger charge is 2.72. The molecule has 0 unspecified atom stereocenters. The molecule has 0 aromatic heterocycles. The molecule has 1 fully saturated rings. The molecule has 1 N–H and O–H groups in total. The van der Waals surface area contributed by atoms with Gasteiger partial charge in [0, 0.05) is 15.8 Å². The van der Waals surface area contributed by atoms with Gasteiger partial charge in [-0.1, -0.05) is 38.1 Å². The van der Waals surface area contributed by atoms with E-state index >= 15 is 0 Å². The SMILES string of the molecule is COc1ccc([C@@H]2[C@H]([N+](=O)[O-])[C@@H](c3ccc(OC)cc3)[C@H]([N+](=O)[O-])[C@@](O)(C(=O)OC(C)(C)C)[C@@H]2CC(C)C)cc1. The Hall–Kier alpha value is -3.73. The van der Waals surface area contributed by atoms with Crippen molar-refractivity contribution in [3.05, 3.63) is 79.9 Å². The summed E-state index contributed by atoms with van der Waals surface area (Å²) in [5.41, 5.74) is -3.09. The van der Waals surface area contributed by atoms with Crippen molar-refractivity contribution in [1.82, 2.24) is 0 Å². The van der Waals surface area contributed by atoms with Crippen molar-refractivity contribution in [2.75, 3.05) is 14.2 Å². The monoisotopic (exact) mass is 558 g/mol. The number of esters is 1. The number of ether oxygens (including phenoxy) is 3. The maximum Gasteiger partial charge on any atom is 0.346 e. The maximum absolute atomic E-state index is 13.9. The standard InChI is InChI=1S/C29H38N2O9/c1-17(2)16-22-23(18-8-12-20(38-6)13-9-18)25(30(34)35)24(19-10-14-21(39-7)15-11-19)26(31(36)37)29(22,33)27(32)40-28(3,4)5/h8-15,17,22-26,33H,16H2,1-7H3/t22-,23+,24-,25+,26+,29-/m1/s1. The average Bonchev–Trinajstić information content (AvgIpc) is 2.87. The summed E-state index contributed by atoms with van der Waals surface area (Å²) in [7, 11) is 2.94. The third kappa shape index (κ3) is 6.04. The molecule has 2 aromatic carbocycles. The van der Waals surface area contributed by atoms with Gasteiger partial charge in [0.2, 0.25) is 11.6 Å². The Balaban J connectivity index is 2.42. The number of rotatable bonds is 9. The van der Waals surface area contributed by atoms with Gasteiger partial charge in [-0.25, -0.2) is 4.79 Å². The molecule has 2 aromatic rings. The van der Waals surface area contributed by atoms with Crippen molar-refractivity contribution in [3.63, 3.8) is 0 Å². The van der Waals surface area contributed by atoms with E-state index in [1.807, 2.05) is 13.8 Å². The van der Waals surface area contributed by atoms with E-state index in [0.717, 1.165) is 0 Å². The lowest BCUT2D eigenvalue weighted by molar-refractivity contribution is -0.594. The number of benzene rings is 2. The Bertz CT molecular complexity index is 1210. The summed E-state index contributed by atoms with van der Waals surface area (Å²) in [4.78, 5) is 38.4. The van der Waals surface area contributed by atoms with Gasteiger partial charge < -0.3 is 19.3 Å². The van der Waals surface area contributed by atoms with E-state index in [2.05, 4.69) is 0 Å². The smallest absolute Gasteiger partial charge is 0.346 e. The number of aliphatic hydroxyl groups is 1. The highest BCUT2D eigenvalue weighted by atomic mass is 16.6. The van der Waals surface area contributed by atoms with Gasteiger partial charge in [0.15, 0.2) is 0 Å². The first-order valence-electron chi connectivity index (χ1n) is 13.2. The molecular formula is C29H38N2O9. The van der Waals surface area contributed by atoms with Crippen LogP contribution in [0.2, 0.25) is 0 Å². The average molecular weight is 559 g/mol. The van der Waals surface area contributed by atoms with Crippen molar-refractivity contribution in [1.29, 1.82) is 0 Å². The molecule has 1 aliphatic carbocycles. The lowest BCUT2D eigenvalue weighted by atomic mass is 9.55. The number of hydrogen-bond acceptors (Lipinski definition) is 9. The summed E-state index contributed by atoms with van der Waals surface area (Å²) in [6.07, 6.45) is 0.0937. The minimum atomic E-state index is -2.69. The third-order valence-electron chi connectivity index (χ3n) is 7.45. The first kappa shape index (κ1) is 30.8. The molecule has 0 heterocycles. The van der Waals surface area contributed by atoms with Crippen molar-refractivity contribution in [2.45, 2.75) is 76.2 Å². The minimum Gasteiger partial charge on any atom is -0.497 e. The molecule has 0 spiro atoms. The Kier molecular flexibility index (Phi) is 9.08. The molecule has 0 saturated heterocycles. The van der Waals surface area contributed by atoms with Crippen molar-refractivity contribution >= 4 is 5.97 Å². The van der Waals surface area contributed by atoms with E-state index < -0.39 is 56.9 Å². The maximum atomic E-state index is 13.9. The first-order valence-corrected chi connectivity index (χ1v) is 13.2. The summed E-state index contributed by atoms with van der Waals surface area (Å²) >= 11 is 0. The van der Waals surface area contributed by atoms with Gasteiger partial charge >= 0.3 is 5.97 Å². The van der Waals surface area contributed by atoms with Crippen LogP contribution in [0.4, 0.5) is 0 Å². The summed E-state index contributed by atoms with van der Waals surface area (Å²) < 4.78 is 16.1. The van der Waals surface area contributed by atoms with Crippen molar-refractivity contribution in [3.8, 4) is 11.5 Å². The fourth-order valence-corrected chi connectivity index (χ4v) is 5.90. The molecule has 1 aliphatic rings. The van der Waals surface area contributed by atoms with E-state index in [-0.39, 0.29) is 17.9 Å². The van der Waals surface area contributed by atoms with Crippen molar-refractivity contribution in [2.24, 2.45) is 11.8 Å². The lowest BCUT2D eigenvalue weighted by Gasteiger charge is -2.49. The quantitative estimate of drug-likeness (QED) is 0.264. The second kappa shape index (κ2) is 11.8. The summed E-state index contributed by atoms with van der Waals surface area (Å²) in [5, 5.41) is 38.2. The molecule has 3 rings (SSSR count). The van der Waals surface area contributed by atoms with Crippen LogP contribution < -0.4 is 9.47 Å². The van der Waals surface area contributed by atoms with Crippen molar-refractivity contribution < 1.29 is 34.0 Å². The summed E-state index contributed by atoms with van der Waals surface area (Å²) in [5.74, 6) is -4.16. The zero-order chi connectivity index (χ0) is 30.0. The number of nitrogens with zero attached hydrogens (tertiary/aromatic N) is 2. The molecule has 0 aliphatic heterocycles. The highest BCUT2D eigenvalue weighted by Crippen LogP contribution is 2.54.